The predicted molar refractivity (Wildman–Crippen MR) is 124 cm³/mol. The summed E-state index contributed by atoms with van der Waals surface area (Å²) in [4.78, 5) is 27.8. The quantitative estimate of drug-likeness (QED) is 0.459. The summed E-state index contributed by atoms with van der Waals surface area (Å²) in [5.74, 6) is 0. The van der Waals surface area contributed by atoms with Gasteiger partial charge in [-0.3, -0.25) is 4.79 Å². The third-order valence-electron chi connectivity index (χ3n) is 5.39. The van der Waals surface area contributed by atoms with E-state index in [1.54, 1.807) is 30.5 Å². The zero-order valence-corrected chi connectivity index (χ0v) is 16.9. The summed E-state index contributed by atoms with van der Waals surface area (Å²) >= 11 is 0. The molecule has 3 aromatic carbocycles. The topological polar surface area (TPSA) is 72.2 Å². The monoisotopic (exact) mass is 408 g/mol. The number of aromatic amines is 1. The van der Waals surface area contributed by atoms with Crippen LogP contribution in [0.2, 0.25) is 0 Å². The Labute approximate surface area is 177 Å². The van der Waals surface area contributed by atoms with E-state index in [1.165, 1.54) is 11.1 Å². The summed E-state index contributed by atoms with van der Waals surface area (Å²) in [7, 11) is 0. The Bertz CT molecular complexity index is 1550. The van der Waals surface area contributed by atoms with E-state index in [0.29, 0.717) is 17.4 Å². The molecule has 0 atom stereocenters. The highest BCUT2D eigenvalue weighted by molar-refractivity contribution is 5.99. The number of aromatic nitrogens is 3. The van der Waals surface area contributed by atoms with Crippen molar-refractivity contribution in [2.45, 2.75) is 13.5 Å². The average Bonchev–Trinajstić information content (AvgIpc) is 3.13. The first-order valence-electron chi connectivity index (χ1n) is 10.0. The van der Waals surface area contributed by atoms with Crippen molar-refractivity contribution in [3.63, 3.8) is 0 Å². The molecule has 5 aromatic rings. The number of hydrogen-bond acceptors (Lipinski definition) is 3. The molecule has 2 heterocycles. The molecule has 152 valence electrons. The summed E-state index contributed by atoms with van der Waals surface area (Å²) in [6.45, 7) is 2.78. The maximum atomic E-state index is 12.7. The largest absolute Gasteiger partial charge is 0.349 e. The van der Waals surface area contributed by atoms with Crippen LogP contribution < -0.4 is 11.2 Å². The summed E-state index contributed by atoms with van der Waals surface area (Å²) in [6.07, 6.45) is 3.56. The van der Waals surface area contributed by atoms with Crippen molar-refractivity contribution in [2.75, 3.05) is 0 Å². The first-order chi connectivity index (χ1) is 15.1. The maximum absolute atomic E-state index is 12.7. The lowest BCUT2D eigenvalue weighted by atomic mass is 10.1. The van der Waals surface area contributed by atoms with Gasteiger partial charge in [0, 0.05) is 29.2 Å². The van der Waals surface area contributed by atoms with Gasteiger partial charge in [-0.15, -0.1) is 4.68 Å². The van der Waals surface area contributed by atoms with E-state index >= 15 is 0 Å². The summed E-state index contributed by atoms with van der Waals surface area (Å²) < 4.78 is 3.02. The molecule has 31 heavy (non-hydrogen) atoms. The van der Waals surface area contributed by atoms with Crippen LogP contribution in [-0.4, -0.2) is 20.4 Å². The van der Waals surface area contributed by atoms with E-state index in [-0.39, 0.29) is 0 Å². The number of H-pyrrole nitrogens is 1. The standard InChI is InChI=1S/C25H20N4O2/c1-17-10-12-18(13-11-17)15-28-16-19(20-6-3-5-9-23(20)28)14-26-29-24(30)21-7-2-4-8-22(21)27-25(29)31/h2-14,16H,15H2,1H3,(H,27,31). The Morgan fingerprint density at radius 1 is 0.903 bits per heavy atom. The first-order valence-corrected chi connectivity index (χ1v) is 10.0. The number of para-hydroxylation sites is 2. The van der Waals surface area contributed by atoms with Crippen LogP contribution in [0, 0.1) is 6.92 Å². The molecule has 0 fully saturated rings. The Morgan fingerprint density at radius 3 is 2.42 bits per heavy atom. The van der Waals surface area contributed by atoms with Gasteiger partial charge in [0.1, 0.15) is 0 Å². The molecule has 0 saturated carbocycles. The van der Waals surface area contributed by atoms with Crippen LogP contribution >= 0.6 is 0 Å². The fraction of sp³-hybridized carbons (Fsp3) is 0.0800. The van der Waals surface area contributed by atoms with Crippen molar-refractivity contribution >= 4 is 28.0 Å². The minimum atomic E-state index is -0.566. The fourth-order valence-electron chi connectivity index (χ4n) is 3.78. The molecule has 6 nitrogen and oxygen atoms in total. The Balaban J connectivity index is 1.58. The third-order valence-corrected chi connectivity index (χ3v) is 5.39. The average molecular weight is 408 g/mol. The van der Waals surface area contributed by atoms with Crippen LogP contribution in [0.4, 0.5) is 0 Å². The predicted octanol–water partition coefficient (Wildman–Crippen LogP) is 3.88. The molecule has 5 rings (SSSR count). The first kappa shape index (κ1) is 18.8. The van der Waals surface area contributed by atoms with Gasteiger partial charge in [0.25, 0.3) is 5.56 Å². The molecule has 6 heteroatoms. The van der Waals surface area contributed by atoms with Crippen molar-refractivity contribution in [3.8, 4) is 0 Å². The summed E-state index contributed by atoms with van der Waals surface area (Å²) in [6, 6.07) is 23.4. The highest BCUT2D eigenvalue weighted by atomic mass is 16.2. The lowest BCUT2D eigenvalue weighted by Crippen LogP contribution is -2.32. The lowest BCUT2D eigenvalue weighted by molar-refractivity contribution is 0.771. The Hall–Kier alpha value is -4.19. The second kappa shape index (κ2) is 7.57. The number of hydrogen-bond donors (Lipinski definition) is 1. The van der Waals surface area contributed by atoms with Crippen LogP contribution in [0.25, 0.3) is 21.8 Å². The van der Waals surface area contributed by atoms with E-state index in [0.717, 1.165) is 21.1 Å². The summed E-state index contributed by atoms with van der Waals surface area (Å²) in [5, 5.41) is 5.65. The van der Waals surface area contributed by atoms with E-state index < -0.39 is 11.2 Å². The number of fused-ring (bicyclic) bond motifs is 2. The van der Waals surface area contributed by atoms with Crippen molar-refractivity contribution in [3.05, 3.63) is 117 Å². The molecule has 0 unspecified atom stereocenters. The molecule has 0 bridgehead atoms. The minimum Gasteiger partial charge on any atom is -0.342 e. The molecule has 1 N–H and O–H groups in total. The second-order valence-electron chi connectivity index (χ2n) is 7.55. The van der Waals surface area contributed by atoms with Crippen LogP contribution in [0.3, 0.4) is 0 Å². The normalized spacial score (nSPS) is 11.6. The van der Waals surface area contributed by atoms with Gasteiger partial charge in [-0.1, -0.05) is 60.2 Å². The highest BCUT2D eigenvalue weighted by Gasteiger charge is 2.09. The minimum absolute atomic E-state index is 0.418. The Kier molecular flexibility index (Phi) is 4.59. The van der Waals surface area contributed by atoms with Crippen LogP contribution in [0.1, 0.15) is 16.7 Å². The fourth-order valence-corrected chi connectivity index (χ4v) is 3.78. The van der Waals surface area contributed by atoms with Crippen molar-refractivity contribution in [1.29, 1.82) is 0 Å². The van der Waals surface area contributed by atoms with Gasteiger partial charge in [-0.2, -0.15) is 5.10 Å². The van der Waals surface area contributed by atoms with Crippen molar-refractivity contribution < 1.29 is 0 Å². The Morgan fingerprint density at radius 2 is 1.61 bits per heavy atom. The molecule has 0 radical (unpaired) electrons. The number of nitrogens with one attached hydrogen (secondary N) is 1. The number of nitrogens with zero attached hydrogens (tertiary/aromatic N) is 3. The van der Waals surface area contributed by atoms with Crippen LogP contribution in [-0.2, 0) is 6.54 Å². The highest BCUT2D eigenvalue weighted by Crippen LogP contribution is 2.21. The number of aryl methyl sites for hydroxylation is 1. The van der Waals surface area contributed by atoms with Gasteiger partial charge in [0.05, 0.1) is 17.1 Å². The van der Waals surface area contributed by atoms with Gasteiger partial charge in [-0.25, -0.2) is 4.79 Å². The smallest absolute Gasteiger partial charge is 0.342 e. The van der Waals surface area contributed by atoms with Crippen molar-refractivity contribution in [2.24, 2.45) is 5.10 Å². The van der Waals surface area contributed by atoms with E-state index in [4.69, 9.17) is 0 Å². The zero-order chi connectivity index (χ0) is 21.4. The van der Waals surface area contributed by atoms with E-state index in [2.05, 4.69) is 51.9 Å². The lowest BCUT2D eigenvalue weighted by Gasteiger charge is -2.06. The maximum Gasteiger partial charge on any atom is 0.349 e. The molecule has 0 aliphatic rings. The van der Waals surface area contributed by atoms with Gasteiger partial charge in [0.15, 0.2) is 0 Å². The van der Waals surface area contributed by atoms with Crippen molar-refractivity contribution in [1.82, 2.24) is 14.2 Å². The molecule has 0 spiro atoms. The molecular weight excluding hydrogens is 388 g/mol. The molecule has 0 aliphatic heterocycles. The zero-order valence-electron chi connectivity index (χ0n) is 16.9. The second-order valence-corrected chi connectivity index (χ2v) is 7.55. The third kappa shape index (κ3) is 3.48. The van der Waals surface area contributed by atoms with Gasteiger partial charge in [0.2, 0.25) is 0 Å². The number of rotatable bonds is 4. The van der Waals surface area contributed by atoms with Gasteiger partial charge in [-0.05, 0) is 30.7 Å². The van der Waals surface area contributed by atoms with Gasteiger partial charge >= 0.3 is 5.69 Å². The SMILES string of the molecule is Cc1ccc(Cn2cc(C=Nn3c(=O)[nH]c4ccccc4c3=O)c3ccccc32)cc1. The number of benzene rings is 3. The molecule has 0 saturated heterocycles. The molecule has 2 aromatic heterocycles. The summed E-state index contributed by atoms with van der Waals surface area (Å²) in [5.41, 5.74) is 3.80. The van der Waals surface area contributed by atoms with Gasteiger partial charge < -0.3 is 9.55 Å². The molecular formula is C25H20N4O2. The van der Waals surface area contributed by atoms with E-state index in [1.807, 2.05) is 24.4 Å². The molecule has 0 aliphatic carbocycles. The van der Waals surface area contributed by atoms with Crippen LogP contribution in [0.5, 0.6) is 0 Å². The molecule has 0 amide bonds. The van der Waals surface area contributed by atoms with Crippen LogP contribution in [0.15, 0.2) is 93.7 Å². The van der Waals surface area contributed by atoms with E-state index in [9.17, 15) is 9.59 Å².